The van der Waals surface area contributed by atoms with Crippen LogP contribution in [0.1, 0.15) is 39.5 Å². The van der Waals surface area contributed by atoms with Crippen molar-refractivity contribution in [2.75, 3.05) is 18.0 Å². The summed E-state index contributed by atoms with van der Waals surface area (Å²) in [6.07, 6.45) is 7.04. The molecule has 7 heteroatoms. The molecule has 1 aliphatic rings. The number of anilines is 1. The SMILES string of the molecule is CC(C)(CCC(=O)O)NC(=O)C1CCN(c2cnccn2)CC1. The molecular formula is C16H24N4O3. The minimum absolute atomic E-state index is 0.0131. The maximum Gasteiger partial charge on any atom is 0.303 e. The predicted octanol–water partition coefficient (Wildman–Crippen LogP) is 1.45. The van der Waals surface area contributed by atoms with Gasteiger partial charge in [-0.25, -0.2) is 4.98 Å². The number of rotatable bonds is 6. The van der Waals surface area contributed by atoms with Gasteiger partial charge in [-0.05, 0) is 33.1 Å². The van der Waals surface area contributed by atoms with Crippen LogP contribution in [0.3, 0.4) is 0 Å². The van der Waals surface area contributed by atoms with Gasteiger partial charge in [0.25, 0.3) is 0 Å². The van der Waals surface area contributed by atoms with E-state index < -0.39 is 11.5 Å². The van der Waals surface area contributed by atoms with Gasteiger partial charge in [0.1, 0.15) is 5.82 Å². The number of carboxylic acid groups (broad SMARTS) is 1. The van der Waals surface area contributed by atoms with E-state index in [9.17, 15) is 9.59 Å². The normalized spacial score (nSPS) is 16.2. The van der Waals surface area contributed by atoms with Gasteiger partial charge < -0.3 is 15.3 Å². The van der Waals surface area contributed by atoms with Crippen LogP contribution in [0.25, 0.3) is 0 Å². The smallest absolute Gasteiger partial charge is 0.303 e. The zero-order valence-corrected chi connectivity index (χ0v) is 13.7. The molecule has 23 heavy (non-hydrogen) atoms. The van der Waals surface area contributed by atoms with E-state index >= 15 is 0 Å². The van der Waals surface area contributed by atoms with Gasteiger partial charge >= 0.3 is 5.97 Å². The van der Waals surface area contributed by atoms with E-state index in [0.717, 1.165) is 31.7 Å². The molecule has 1 fully saturated rings. The summed E-state index contributed by atoms with van der Waals surface area (Å²) in [5.41, 5.74) is -0.502. The molecule has 0 aromatic carbocycles. The third-order valence-corrected chi connectivity index (χ3v) is 4.16. The highest BCUT2D eigenvalue weighted by Gasteiger charge is 2.29. The van der Waals surface area contributed by atoms with Crippen molar-refractivity contribution >= 4 is 17.7 Å². The Morgan fingerprint density at radius 3 is 2.61 bits per heavy atom. The highest BCUT2D eigenvalue weighted by atomic mass is 16.4. The quantitative estimate of drug-likeness (QED) is 0.824. The molecule has 1 saturated heterocycles. The fraction of sp³-hybridized carbons (Fsp3) is 0.625. The lowest BCUT2D eigenvalue weighted by molar-refractivity contribution is -0.138. The monoisotopic (exact) mass is 320 g/mol. The van der Waals surface area contributed by atoms with Crippen LogP contribution in [0.4, 0.5) is 5.82 Å². The summed E-state index contributed by atoms with van der Waals surface area (Å²) in [7, 11) is 0. The second-order valence-electron chi connectivity index (χ2n) is 6.59. The molecule has 126 valence electrons. The molecule has 0 unspecified atom stereocenters. The molecule has 0 atom stereocenters. The summed E-state index contributed by atoms with van der Waals surface area (Å²) >= 11 is 0. The Kier molecular flexibility index (Phi) is 5.52. The second-order valence-corrected chi connectivity index (χ2v) is 6.59. The van der Waals surface area contributed by atoms with Gasteiger partial charge in [-0.1, -0.05) is 0 Å². The Morgan fingerprint density at radius 1 is 1.35 bits per heavy atom. The minimum Gasteiger partial charge on any atom is -0.481 e. The van der Waals surface area contributed by atoms with Crippen LogP contribution < -0.4 is 10.2 Å². The van der Waals surface area contributed by atoms with Crippen molar-refractivity contribution in [2.24, 2.45) is 5.92 Å². The number of aliphatic carboxylic acids is 1. The molecular weight excluding hydrogens is 296 g/mol. The number of carbonyl (C=O) groups excluding carboxylic acids is 1. The standard InChI is InChI=1S/C16H24N4O3/c1-16(2,6-3-14(21)22)19-15(23)12-4-9-20(10-5-12)13-11-17-7-8-18-13/h7-8,11-12H,3-6,9-10H2,1-2H3,(H,19,23)(H,21,22). The van der Waals surface area contributed by atoms with E-state index in [1.165, 1.54) is 0 Å². The summed E-state index contributed by atoms with van der Waals surface area (Å²) in [6, 6.07) is 0. The number of nitrogens with one attached hydrogen (secondary N) is 1. The summed E-state index contributed by atoms with van der Waals surface area (Å²) in [4.78, 5) is 33.5. The predicted molar refractivity (Wildman–Crippen MR) is 86.1 cm³/mol. The first-order valence-electron chi connectivity index (χ1n) is 7.92. The summed E-state index contributed by atoms with van der Waals surface area (Å²) in [6.45, 7) is 5.27. The number of carboxylic acids is 1. The Labute approximate surface area is 136 Å². The average molecular weight is 320 g/mol. The van der Waals surface area contributed by atoms with Crippen LogP contribution in [-0.4, -0.2) is 45.6 Å². The van der Waals surface area contributed by atoms with E-state index in [-0.39, 0.29) is 18.2 Å². The van der Waals surface area contributed by atoms with E-state index in [4.69, 9.17) is 5.11 Å². The number of nitrogens with zero attached hydrogens (tertiary/aromatic N) is 3. The number of aromatic nitrogens is 2. The summed E-state index contributed by atoms with van der Waals surface area (Å²) in [5, 5.41) is 11.8. The molecule has 0 bridgehead atoms. The molecule has 0 aliphatic carbocycles. The van der Waals surface area contributed by atoms with E-state index in [0.29, 0.717) is 6.42 Å². The summed E-state index contributed by atoms with van der Waals surface area (Å²) in [5.74, 6) is -0.0241. The fourth-order valence-corrected chi connectivity index (χ4v) is 2.74. The van der Waals surface area contributed by atoms with E-state index in [1.54, 1.807) is 18.6 Å². The van der Waals surface area contributed by atoms with Crippen LogP contribution in [-0.2, 0) is 9.59 Å². The molecule has 0 radical (unpaired) electrons. The van der Waals surface area contributed by atoms with Crippen molar-refractivity contribution in [3.63, 3.8) is 0 Å². The number of hydrogen-bond acceptors (Lipinski definition) is 5. The Balaban J connectivity index is 1.82. The fourth-order valence-electron chi connectivity index (χ4n) is 2.74. The van der Waals surface area contributed by atoms with Gasteiger partial charge in [-0.3, -0.25) is 14.6 Å². The van der Waals surface area contributed by atoms with Crippen molar-refractivity contribution < 1.29 is 14.7 Å². The van der Waals surface area contributed by atoms with Crippen LogP contribution in [0, 0.1) is 5.92 Å². The van der Waals surface area contributed by atoms with Crippen molar-refractivity contribution in [1.29, 1.82) is 0 Å². The van der Waals surface area contributed by atoms with Crippen LogP contribution in [0.5, 0.6) is 0 Å². The zero-order chi connectivity index (χ0) is 16.9. The van der Waals surface area contributed by atoms with Crippen molar-refractivity contribution in [1.82, 2.24) is 15.3 Å². The molecule has 1 amide bonds. The zero-order valence-electron chi connectivity index (χ0n) is 13.7. The minimum atomic E-state index is -0.843. The second kappa shape index (κ2) is 7.39. The van der Waals surface area contributed by atoms with Crippen molar-refractivity contribution in [3.8, 4) is 0 Å². The molecule has 2 rings (SSSR count). The van der Waals surface area contributed by atoms with Crippen LogP contribution in [0.2, 0.25) is 0 Å². The number of amides is 1. The first-order chi connectivity index (χ1) is 10.9. The first kappa shape index (κ1) is 17.2. The maximum absolute atomic E-state index is 12.4. The van der Waals surface area contributed by atoms with Gasteiger partial charge in [-0.2, -0.15) is 0 Å². The average Bonchev–Trinajstić information content (AvgIpc) is 2.54. The lowest BCUT2D eigenvalue weighted by atomic mass is 9.92. The molecule has 2 N–H and O–H groups in total. The molecule has 1 aromatic heterocycles. The number of hydrogen-bond donors (Lipinski definition) is 2. The Bertz CT molecular complexity index is 540. The number of piperidine rings is 1. The van der Waals surface area contributed by atoms with Gasteiger partial charge in [0.05, 0.1) is 6.20 Å². The van der Waals surface area contributed by atoms with E-state index in [1.807, 2.05) is 13.8 Å². The molecule has 1 aliphatic heterocycles. The molecule has 7 nitrogen and oxygen atoms in total. The lowest BCUT2D eigenvalue weighted by Crippen LogP contribution is -2.48. The first-order valence-corrected chi connectivity index (χ1v) is 7.92. The van der Waals surface area contributed by atoms with Gasteiger partial charge in [0, 0.05) is 43.4 Å². The van der Waals surface area contributed by atoms with E-state index in [2.05, 4.69) is 20.2 Å². The van der Waals surface area contributed by atoms with Gasteiger partial charge in [0.15, 0.2) is 0 Å². The third-order valence-electron chi connectivity index (χ3n) is 4.16. The molecule has 0 spiro atoms. The lowest BCUT2D eigenvalue weighted by Gasteiger charge is -2.34. The third kappa shape index (κ3) is 5.19. The van der Waals surface area contributed by atoms with Crippen molar-refractivity contribution in [2.45, 2.75) is 45.1 Å². The Morgan fingerprint density at radius 2 is 2.04 bits per heavy atom. The summed E-state index contributed by atoms with van der Waals surface area (Å²) < 4.78 is 0. The highest BCUT2D eigenvalue weighted by Crippen LogP contribution is 2.22. The van der Waals surface area contributed by atoms with Gasteiger partial charge in [-0.15, -0.1) is 0 Å². The van der Waals surface area contributed by atoms with Crippen LogP contribution in [0.15, 0.2) is 18.6 Å². The topological polar surface area (TPSA) is 95.4 Å². The maximum atomic E-state index is 12.4. The highest BCUT2D eigenvalue weighted by molar-refractivity contribution is 5.79. The van der Waals surface area contributed by atoms with Gasteiger partial charge in [0.2, 0.25) is 5.91 Å². The molecule has 1 aromatic rings. The van der Waals surface area contributed by atoms with Crippen molar-refractivity contribution in [3.05, 3.63) is 18.6 Å². The Hall–Kier alpha value is -2.18. The van der Waals surface area contributed by atoms with Crippen LogP contribution >= 0.6 is 0 Å². The molecule has 2 heterocycles. The molecule has 0 saturated carbocycles. The largest absolute Gasteiger partial charge is 0.481 e. The number of carbonyl (C=O) groups is 2.